The van der Waals surface area contributed by atoms with E-state index in [1.807, 2.05) is 30.3 Å². The molecule has 1 aromatic carbocycles. The fourth-order valence-corrected chi connectivity index (χ4v) is 2.40. The van der Waals surface area contributed by atoms with Gasteiger partial charge in [0.1, 0.15) is 10.7 Å². The minimum Gasteiger partial charge on any atom is -0.355 e. The first-order valence-corrected chi connectivity index (χ1v) is 7.08. The smallest absolute Gasteiger partial charge is 0.270 e. The van der Waals surface area contributed by atoms with Crippen LogP contribution in [0.4, 0.5) is 0 Å². The largest absolute Gasteiger partial charge is 0.355 e. The number of rotatable bonds is 5. The van der Waals surface area contributed by atoms with Crippen LogP contribution in [0.2, 0.25) is 0 Å². The van der Waals surface area contributed by atoms with Crippen molar-refractivity contribution in [3.05, 3.63) is 41.4 Å². The summed E-state index contributed by atoms with van der Waals surface area (Å²) in [6.07, 6.45) is 0. The normalized spacial score (nSPS) is 10.1. The van der Waals surface area contributed by atoms with Crippen molar-refractivity contribution in [2.24, 2.45) is 0 Å². The van der Waals surface area contributed by atoms with E-state index in [2.05, 4.69) is 15.6 Å². The molecule has 0 unspecified atom stereocenters. The zero-order chi connectivity index (χ0) is 14.4. The molecule has 0 aliphatic carbocycles. The van der Waals surface area contributed by atoms with Crippen LogP contribution in [0.5, 0.6) is 0 Å². The third-order valence-electron chi connectivity index (χ3n) is 2.54. The highest BCUT2D eigenvalue weighted by molar-refractivity contribution is 7.13. The maximum atomic E-state index is 11.9. The summed E-state index contributed by atoms with van der Waals surface area (Å²) in [7, 11) is 0. The van der Waals surface area contributed by atoms with Gasteiger partial charge in [0.15, 0.2) is 0 Å². The van der Waals surface area contributed by atoms with Gasteiger partial charge < -0.3 is 10.6 Å². The SMILES string of the molecule is CC(=O)NCCNC(=O)c1csc(-c2ccccc2)n1. The Labute approximate surface area is 121 Å². The Morgan fingerprint density at radius 2 is 1.85 bits per heavy atom. The van der Waals surface area contributed by atoms with Gasteiger partial charge in [-0.2, -0.15) is 0 Å². The number of hydrogen-bond acceptors (Lipinski definition) is 4. The molecule has 1 heterocycles. The van der Waals surface area contributed by atoms with Crippen LogP contribution < -0.4 is 10.6 Å². The molecule has 0 aliphatic heterocycles. The van der Waals surface area contributed by atoms with E-state index in [1.54, 1.807) is 5.38 Å². The van der Waals surface area contributed by atoms with Gasteiger partial charge in [-0.05, 0) is 0 Å². The van der Waals surface area contributed by atoms with E-state index >= 15 is 0 Å². The molecule has 0 saturated carbocycles. The number of nitrogens with zero attached hydrogens (tertiary/aromatic N) is 1. The number of nitrogens with one attached hydrogen (secondary N) is 2. The molecule has 2 N–H and O–H groups in total. The Hall–Kier alpha value is -2.21. The number of benzene rings is 1. The highest BCUT2D eigenvalue weighted by atomic mass is 32.1. The van der Waals surface area contributed by atoms with Crippen LogP contribution in [0.15, 0.2) is 35.7 Å². The minimum atomic E-state index is -0.228. The number of thiazole rings is 1. The first kappa shape index (κ1) is 14.2. The van der Waals surface area contributed by atoms with E-state index in [0.29, 0.717) is 18.8 Å². The van der Waals surface area contributed by atoms with Gasteiger partial charge in [0, 0.05) is 31.0 Å². The third-order valence-corrected chi connectivity index (χ3v) is 3.43. The first-order valence-electron chi connectivity index (χ1n) is 6.20. The van der Waals surface area contributed by atoms with E-state index in [4.69, 9.17) is 0 Å². The molecule has 1 aromatic heterocycles. The molecule has 6 heteroatoms. The van der Waals surface area contributed by atoms with Crippen molar-refractivity contribution in [3.63, 3.8) is 0 Å². The van der Waals surface area contributed by atoms with Gasteiger partial charge in [-0.1, -0.05) is 30.3 Å². The molecule has 2 rings (SSSR count). The molecule has 20 heavy (non-hydrogen) atoms. The summed E-state index contributed by atoms with van der Waals surface area (Å²) >= 11 is 1.43. The molecule has 0 fully saturated rings. The molecule has 0 saturated heterocycles. The van der Waals surface area contributed by atoms with Gasteiger partial charge in [-0.15, -0.1) is 11.3 Å². The fourth-order valence-electron chi connectivity index (χ4n) is 1.60. The highest BCUT2D eigenvalue weighted by Crippen LogP contribution is 2.22. The van der Waals surface area contributed by atoms with Gasteiger partial charge in [0.2, 0.25) is 5.91 Å². The number of hydrogen-bond donors (Lipinski definition) is 2. The Kier molecular flexibility index (Phi) is 4.84. The molecular weight excluding hydrogens is 274 g/mol. The van der Waals surface area contributed by atoms with Crippen LogP contribution in [-0.2, 0) is 4.79 Å². The Morgan fingerprint density at radius 1 is 1.15 bits per heavy atom. The third kappa shape index (κ3) is 3.89. The quantitative estimate of drug-likeness (QED) is 0.823. The van der Waals surface area contributed by atoms with Crippen molar-refractivity contribution in [3.8, 4) is 10.6 Å². The molecule has 5 nitrogen and oxygen atoms in total. The summed E-state index contributed by atoms with van der Waals surface area (Å²) in [4.78, 5) is 26.9. The molecule has 104 valence electrons. The topological polar surface area (TPSA) is 71.1 Å². The van der Waals surface area contributed by atoms with E-state index < -0.39 is 0 Å². The summed E-state index contributed by atoms with van der Waals surface area (Å²) in [5, 5.41) is 7.87. The Bertz CT molecular complexity index is 595. The second-order valence-corrected chi connectivity index (χ2v) is 5.00. The van der Waals surface area contributed by atoms with E-state index in [-0.39, 0.29) is 11.8 Å². The van der Waals surface area contributed by atoms with Gasteiger partial charge in [0.25, 0.3) is 5.91 Å². The molecule has 2 aromatic rings. The van der Waals surface area contributed by atoms with Crippen molar-refractivity contribution in [2.45, 2.75) is 6.92 Å². The minimum absolute atomic E-state index is 0.112. The zero-order valence-electron chi connectivity index (χ0n) is 11.1. The molecule has 0 aliphatic rings. The van der Waals surface area contributed by atoms with Crippen LogP contribution >= 0.6 is 11.3 Å². The zero-order valence-corrected chi connectivity index (χ0v) is 11.9. The van der Waals surface area contributed by atoms with Crippen LogP contribution in [0.1, 0.15) is 17.4 Å². The molecule has 0 atom stereocenters. The van der Waals surface area contributed by atoms with E-state index in [9.17, 15) is 9.59 Å². The summed E-state index contributed by atoms with van der Waals surface area (Å²) in [5.74, 6) is -0.340. The lowest BCUT2D eigenvalue weighted by Gasteiger charge is -2.03. The summed E-state index contributed by atoms with van der Waals surface area (Å²) in [5.41, 5.74) is 1.39. The van der Waals surface area contributed by atoms with Crippen LogP contribution in [0, 0.1) is 0 Å². The maximum Gasteiger partial charge on any atom is 0.270 e. The van der Waals surface area contributed by atoms with Crippen molar-refractivity contribution in [1.29, 1.82) is 0 Å². The van der Waals surface area contributed by atoms with Gasteiger partial charge in [0.05, 0.1) is 0 Å². The van der Waals surface area contributed by atoms with Crippen molar-refractivity contribution in [2.75, 3.05) is 13.1 Å². The lowest BCUT2D eigenvalue weighted by atomic mass is 10.2. The standard InChI is InChI=1S/C14H15N3O2S/c1-10(18)15-7-8-16-13(19)12-9-20-14(17-12)11-5-3-2-4-6-11/h2-6,9H,7-8H2,1H3,(H,15,18)(H,16,19). The number of carbonyl (C=O) groups is 2. The van der Waals surface area contributed by atoms with E-state index in [1.165, 1.54) is 18.3 Å². The molecule has 0 bridgehead atoms. The van der Waals surface area contributed by atoms with Gasteiger partial charge >= 0.3 is 0 Å². The summed E-state index contributed by atoms with van der Waals surface area (Å²) in [6.45, 7) is 2.24. The number of carbonyl (C=O) groups excluding carboxylic acids is 2. The second-order valence-electron chi connectivity index (χ2n) is 4.14. The van der Waals surface area contributed by atoms with Crippen LogP contribution in [0.3, 0.4) is 0 Å². The Balaban J connectivity index is 1.92. The Morgan fingerprint density at radius 3 is 2.55 bits per heavy atom. The molecule has 0 radical (unpaired) electrons. The lowest BCUT2D eigenvalue weighted by Crippen LogP contribution is -2.33. The monoisotopic (exact) mass is 289 g/mol. The van der Waals surface area contributed by atoms with E-state index in [0.717, 1.165) is 10.6 Å². The summed E-state index contributed by atoms with van der Waals surface area (Å²) < 4.78 is 0. The molecular formula is C14H15N3O2S. The average molecular weight is 289 g/mol. The predicted octanol–water partition coefficient (Wildman–Crippen LogP) is 1.68. The predicted molar refractivity (Wildman–Crippen MR) is 78.6 cm³/mol. The molecule has 2 amide bonds. The maximum absolute atomic E-state index is 11.9. The first-order chi connectivity index (χ1) is 9.66. The number of aromatic nitrogens is 1. The van der Waals surface area contributed by atoms with Gasteiger partial charge in [-0.3, -0.25) is 9.59 Å². The van der Waals surface area contributed by atoms with Crippen molar-refractivity contribution in [1.82, 2.24) is 15.6 Å². The van der Waals surface area contributed by atoms with Crippen molar-refractivity contribution < 1.29 is 9.59 Å². The highest BCUT2D eigenvalue weighted by Gasteiger charge is 2.10. The average Bonchev–Trinajstić information content (AvgIpc) is 2.94. The number of amides is 2. The fraction of sp³-hybridized carbons (Fsp3) is 0.214. The van der Waals surface area contributed by atoms with Crippen molar-refractivity contribution >= 4 is 23.2 Å². The second kappa shape index (κ2) is 6.81. The lowest BCUT2D eigenvalue weighted by molar-refractivity contribution is -0.118. The van der Waals surface area contributed by atoms with Crippen LogP contribution in [-0.4, -0.2) is 29.9 Å². The van der Waals surface area contributed by atoms with Crippen LogP contribution in [0.25, 0.3) is 10.6 Å². The molecule has 0 spiro atoms. The summed E-state index contributed by atoms with van der Waals surface area (Å²) in [6, 6.07) is 9.72. The van der Waals surface area contributed by atoms with Gasteiger partial charge in [-0.25, -0.2) is 4.98 Å².